The smallest absolute Gasteiger partial charge is 0.410 e. The van der Waals surface area contributed by atoms with Gasteiger partial charge < -0.3 is 19.5 Å². The van der Waals surface area contributed by atoms with Gasteiger partial charge in [-0.3, -0.25) is 0 Å². The number of fused-ring (bicyclic) bond motifs is 2. The first-order valence-corrected chi connectivity index (χ1v) is 7.14. The second kappa shape index (κ2) is 5.67. The van der Waals surface area contributed by atoms with E-state index in [9.17, 15) is 4.79 Å². The van der Waals surface area contributed by atoms with Crippen molar-refractivity contribution in [3.8, 4) is 0 Å². The van der Waals surface area contributed by atoms with Gasteiger partial charge in [-0.2, -0.15) is 0 Å². The Balaban J connectivity index is 1.93. The third-order valence-electron chi connectivity index (χ3n) is 3.74. The maximum atomic E-state index is 12.2. The molecule has 0 aromatic heterocycles. The Hall–Kier alpha value is -0.810. The number of nitrogens with zero attached hydrogens (tertiary/aromatic N) is 1. The summed E-state index contributed by atoms with van der Waals surface area (Å²) >= 11 is 0. The van der Waals surface area contributed by atoms with Gasteiger partial charge in [0.25, 0.3) is 0 Å². The Labute approximate surface area is 114 Å². The van der Waals surface area contributed by atoms with Crippen LogP contribution in [0.2, 0.25) is 0 Å². The van der Waals surface area contributed by atoms with Crippen LogP contribution in [0.15, 0.2) is 0 Å². The molecule has 2 aliphatic heterocycles. The SMILES string of the molecule is CC(C)(C)OC(=O)N1[C@@H]2CC[C@H]1CC(OCCO)C2. The van der Waals surface area contributed by atoms with E-state index in [4.69, 9.17) is 14.6 Å². The summed E-state index contributed by atoms with van der Waals surface area (Å²) in [6.45, 7) is 6.12. The van der Waals surface area contributed by atoms with E-state index < -0.39 is 5.60 Å². The summed E-state index contributed by atoms with van der Waals surface area (Å²) in [7, 11) is 0. The largest absolute Gasteiger partial charge is 0.444 e. The zero-order chi connectivity index (χ0) is 14.0. The lowest BCUT2D eigenvalue weighted by atomic mass is 10.0. The molecule has 0 saturated carbocycles. The molecule has 1 N–H and O–H groups in total. The lowest BCUT2D eigenvalue weighted by Crippen LogP contribution is -2.50. The van der Waals surface area contributed by atoms with Gasteiger partial charge in [0.05, 0.1) is 19.3 Å². The molecule has 0 aromatic carbocycles. The molecular weight excluding hydrogens is 246 g/mol. The van der Waals surface area contributed by atoms with Crippen LogP contribution in [0.25, 0.3) is 0 Å². The van der Waals surface area contributed by atoms with Crippen molar-refractivity contribution in [2.75, 3.05) is 13.2 Å². The molecule has 3 atom stereocenters. The molecule has 5 heteroatoms. The van der Waals surface area contributed by atoms with Gasteiger partial charge >= 0.3 is 6.09 Å². The van der Waals surface area contributed by atoms with E-state index in [-0.39, 0.29) is 30.9 Å². The molecule has 5 nitrogen and oxygen atoms in total. The topological polar surface area (TPSA) is 59.0 Å². The van der Waals surface area contributed by atoms with Gasteiger partial charge in [-0.05, 0) is 46.5 Å². The Bertz CT molecular complexity index is 312. The summed E-state index contributed by atoms with van der Waals surface area (Å²) in [4.78, 5) is 14.1. The number of rotatable bonds is 3. The standard InChI is InChI=1S/C14H25NO4/c1-14(2,3)19-13(17)15-10-4-5-11(15)9-12(8-10)18-7-6-16/h10-12,16H,4-9H2,1-3H3/t10-,11+,12?. The van der Waals surface area contributed by atoms with E-state index in [1.807, 2.05) is 25.7 Å². The molecule has 0 spiro atoms. The minimum absolute atomic E-state index is 0.0572. The highest BCUT2D eigenvalue weighted by molar-refractivity contribution is 5.69. The predicted molar refractivity (Wildman–Crippen MR) is 70.9 cm³/mol. The molecule has 0 radical (unpaired) electrons. The summed E-state index contributed by atoms with van der Waals surface area (Å²) in [5, 5.41) is 8.80. The van der Waals surface area contributed by atoms with Crippen LogP contribution in [-0.2, 0) is 9.47 Å². The molecule has 1 unspecified atom stereocenters. The summed E-state index contributed by atoms with van der Waals surface area (Å²) in [6.07, 6.45) is 3.75. The Morgan fingerprint density at radius 3 is 2.32 bits per heavy atom. The highest BCUT2D eigenvalue weighted by Crippen LogP contribution is 2.37. The molecule has 2 saturated heterocycles. The molecule has 110 valence electrons. The van der Waals surface area contributed by atoms with Gasteiger partial charge in [0.2, 0.25) is 0 Å². The summed E-state index contributed by atoms with van der Waals surface area (Å²) in [5.41, 5.74) is -0.444. The van der Waals surface area contributed by atoms with Gasteiger partial charge in [-0.15, -0.1) is 0 Å². The molecule has 2 heterocycles. The third-order valence-corrected chi connectivity index (χ3v) is 3.74. The van der Waals surface area contributed by atoms with Gasteiger partial charge in [-0.25, -0.2) is 4.79 Å². The molecule has 2 rings (SSSR count). The number of hydrogen-bond donors (Lipinski definition) is 1. The number of aliphatic hydroxyl groups excluding tert-OH is 1. The molecule has 0 aliphatic carbocycles. The van der Waals surface area contributed by atoms with E-state index in [2.05, 4.69) is 0 Å². The van der Waals surface area contributed by atoms with Crippen molar-refractivity contribution in [1.29, 1.82) is 0 Å². The van der Waals surface area contributed by atoms with Crippen molar-refractivity contribution < 1.29 is 19.4 Å². The number of piperidine rings is 1. The van der Waals surface area contributed by atoms with Crippen LogP contribution in [0.1, 0.15) is 46.5 Å². The van der Waals surface area contributed by atoms with Crippen LogP contribution in [0.3, 0.4) is 0 Å². The van der Waals surface area contributed by atoms with Crippen LogP contribution >= 0.6 is 0 Å². The number of ether oxygens (including phenoxy) is 2. The van der Waals surface area contributed by atoms with Crippen molar-refractivity contribution in [1.82, 2.24) is 4.90 Å². The lowest BCUT2D eigenvalue weighted by molar-refractivity contribution is -0.0411. The fourth-order valence-electron chi connectivity index (χ4n) is 3.10. The average molecular weight is 271 g/mol. The van der Waals surface area contributed by atoms with Gasteiger partial charge in [0.1, 0.15) is 5.60 Å². The fourth-order valence-corrected chi connectivity index (χ4v) is 3.10. The monoisotopic (exact) mass is 271 g/mol. The minimum atomic E-state index is -0.444. The Morgan fingerprint density at radius 1 is 1.26 bits per heavy atom. The van der Waals surface area contributed by atoms with Crippen LogP contribution in [0.5, 0.6) is 0 Å². The maximum Gasteiger partial charge on any atom is 0.410 e. The third kappa shape index (κ3) is 3.60. The van der Waals surface area contributed by atoms with Crippen molar-refractivity contribution in [3.05, 3.63) is 0 Å². The first kappa shape index (κ1) is 14.6. The van der Waals surface area contributed by atoms with Crippen molar-refractivity contribution in [2.45, 2.75) is 70.2 Å². The van der Waals surface area contributed by atoms with Crippen molar-refractivity contribution in [2.24, 2.45) is 0 Å². The number of hydrogen-bond acceptors (Lipinski definition) is 4. The van der Waals surface area contributed by atoms with Crippen molar-refractivity contribution >= 4 is 6.09 Å². The first-order valence-electron chi connectivity index (χ1n) is 7.14. The molecule has 0 aromatic rings. The van der Waals surface area contributed by atoms with E-state index >= 15 is 0 Å². The number of amides is 1. The fraction of sp³-hybridized carbons (Fsp3) is 0.929. The maximum absolute atomic E-state index is 12.2. The van der Waals surface area contributed by atoms with Crippen LogP contribution in [-0.4, -0.2) is 53.1 Å². The normalized spacial score (nSPS) is 30.5. The Morgan fingerprint density at radius 2 is 1.84 bits per heavy atom. The summed E-state index contributed by atoms with van der Waals surface area (Å²) < 4.78 is 11.1. The predicted octanol–water partition coefficient (Wildman–Crippen LogP) is 1.93. The number of aliphatic hydroxyl groups is 1. The second-order valence-electron chi connectivity index (χ2n) is 6.46. The lowest BCUT2D eigenvalue weighted by Gasteiger charge is -2.39. The van der Waals surface area contributed by atoms with E-state index in [1.54, 1.807) is 0 Å². The van der Waals surface area contributed by atoms with Gasteiger partial charge in [0, 0.05) is 12.1 Å². The molecular formula is C14H25NO4. The average Bonchev–Trinajstić information content (AvgIpc) is 2.56. The van der Waals surface area contributed by atoms with Crippen molar-refractivity contribution in [3.63, 3.8) is 0 Å². The second-order valence-corrected chi connectivity index (χ2v) is 6.46. The summed E-state index contributed by atoms with van der Waals surface area (Å²) in [5.74, 6) is 0. The molecule has 2 bridgehead atoms. The van der Waals surface area contributed by atoms with Crippen LogP contribution < -0.4 is 0 Å². The van der Waals surface area contributed by atoms with E-state index in [1.165, 1.54) is 0 Å². The van der Waals surface area contributed by atoms with E-state index in [0.717, 1.165) is 25.7 Å². The summed E-state index contributed by atoms with van der Waals surface area (Å²) in [6, 6.07) is 0.467. The molecule has 2 fully saturated rings. The Kier molecular flexibility index (Phi) is 4.36. The van der Waals surface area contributed by atoms with E-state index in [0.29, 0.717) is 6.61 Å². The van der Waals surface area contributed by atoms with Gasteiger partial charge in [-0.1, -0.05) is 0 Å². The highest BCUT2D eigenvalue weighted by Gasteiger charge is 2.45. The highest BCUT2D eigenvalue weighted by atomic mass is 16.6. The molecule has 19 heavy (non-hydrogen) atoms. The van der Waals surface area contributed by atoms with Crippen LogP contribution in [0.4, 0.5) is 4.79 Å². The first-order chi connectivity index (χ1) is 8.90. The number of carbonyl (C=O) groups is 1. The quantitative estimate of drug-likeness (QED) is 0.852. The molecule has 1 amide bonds. The zero-order valence-corrected chi connectivity index (χ0v) is 12.1. The zero-order valence-electron chi connectivity index (χ0n) is 12.1. The van der Waals surface area contributed by atoms with Gasteiger partial charge in [0.15, 0.2) is 0 Å². The number of carbonyl (C=O) groups excluding carboxylic acids is 1. The molecule has 2 aliphatic rings. The minimum Gasteiger partial charge on any atom is -0.444 e. The van der Waals surface area contributed by atoms with Crippen LogP contribution in [0, 0.1) is 0 Å².